The Balaban J connectivity index is 3.09. The fraction of sp³-hybridized carbons (Fsp3) is 0.429. The highest BCUT2D eigenvalue weighted by Crippen LogP contribution is 2.21. The van der Waals surface area contributed by atoms with Gasteiger partial charge in [-0.25, -0.2) is 13.6 Å². The van der Waals surface area contributed by atoms with Gasteiger partial charge in [0.25, 0.3) is 0 Å². The van der Waals surface area contributed by atoms with E-state index in [0.29, 0.717) is 12.6 Å². The highest BCUT2D eigenvalue weighted by atomic mass is 19.1. The predicted molar refractivity (Wildman–Crippen MR) is 74.1 cm³/mol. The summed E-state index contributed by atoms with van der Waals surface area (Å²) in [5.74, 6) is -3.48. The van der Waals surface area contributed by atoms with Crippen molar-refractivity contribution in [1.29, 1.82) is 0 Å². The minimum Gasteiger partial charge on any atom is -0.465 e. The van der Waals surface area contributed by atoms with E-state index >= 15 is 0 Å². The Hall–Kier alpha value is -2.02. The van der Waals surface area contributed by atoms with Crippen molar-refractivity contribution in [2.45, 2.75) is 26.3 Å². The molecule has 0 atom stereocenters. The van der Waals surface area contributed by atoms with Crippen LogP contribution in [0.1, 0.15) is 31.1 Å². The number of carbonyl (C=O) groups is 2. The maximum absolute atomic E-state index is 13.7. The van der Waals surface area contributed by atoms with Gasteiger partial charge in [-0.2, -0.15) is 0 Å². The summed E-state index contributed by atoms with van der Waals surface area (Å²) in [5, 5.41) is 5.25. The molecule has 7 heteroatoms. The molecule has 1 aromatic carbocycles. The molecule has 0 radical (unpaired) electrons. The minimum absolute atomic E-state index is 0.284. The van der Waals surface area contributed by atoms with E-state index in [1.165, 1.54) is 0 Å². The molecule has 0 aliphatic carbocycles. The van der Waals surface area contributed by atoms with Crippen LogP contribution < -0.4 is 10.6 Å². The van der Waals surface area contributed by atoms with Crippen LogP contribution in [0.25, 0.3) is 0 Å². The van der Waals surface area contributed by atoms with E-state index in [9.17, 15) is 18.4 Å². The van der Waals surface area contributed by atoms with Gasteiger partial charge in [-0.05, 0) is 26.5 Å². The normalized spacial score (nSPS) is 11.1. The van der Waals surface area contributed by atoms with E-state index < -0.39 is 34.6 Å². The van der Waals surface area contributed by atoms with Gasteiger partial charge in [0.15, 0.2) is 0 Å². The second-order valence-corrected chi connectivity index (χ2v) is 4.91. The van der Waals surface area contributed by atoms with Gasteiger partial charge in [0.2, 0.25) is 5.91 Å². The Kier molecular flexibility index (Phi) is 5.37. The number of hydrogen-bond acceptors (Lipinski definition) is 4. The first-order valence-corrected chi connectivity index (χ1v) is 6.36. The molecule has 5 nitrogen and oxygen atoms in total. The van der Waals surface area contributed by atoms with Gasteiger partial charge in [-0.3, -0.25) is 4.79 Å². The molecule has 1 aromatic rings. The van der Waals surface area contributed by atoms with Crippen molar-refractivity contribution in [3.8, 4) is 0 Å². The van der Waals surface area contributed by atoms with Gasteiger partial charge in [0.05, 0.1) is 23.9 Å². The molecule has 1 amide bonds. The van der Waals surface area contributed by atoms with Crippen LogP contribution in [0.3, 0.4) is 0 Å². The summed E-state index contributed by atoms with van der Waals surface area (Å²) in [6.07, 6.45) is 0. The summed E-state index contributed by atoms with van der Waals surface area (Å²) in [5.41, 5.74) is -1.68. The van der Waals surface area contributed by atoms with Crippen LogP contribution in [-0.4, -0.2) is 31.1 Å². The van der Waals surface area contributed by atoms with Crippen molar-refractivity contribution in [2.24, 2.45) is 0 Å². The number of halogens is 2. The Morgan fingerprint density at radius 3 is 2.38 bits per heavy atom. The smallest absolute Gasteiger partial charge is 0.340 e. The average Bonchev–Trinajstić information content (AvgIpc) is 2.40. The molecule has 116 valence electrons. The lowest BCUT2D eigenvalue weighted by atomic mass is 10.0. The van der Waals surface area contributed by atoms with Crippen molar-refractivity contribution >= 4 is 17.6 Å². The lowest BCUT2D eigenvalue weighted by Gasteiger charge is -2.24. The summed E-state index contributed by atoms with van der Waals surface area (Å²) in [4.78, 5) is 23.4. The second kappa shape index (κ2) is 6.62. The van der Waals surface area contributed by atoms with Gasteiger partial charge >= 0.3 is 5.97 Å². The number of hydrogen-bond donors (Lipinski definition) is 2. The Morgan fingerprint density at radius 2 is 1.86 bits per heavy atom. The maximum Gasteiger partial charge on any atom is 0.340 e. The molecular weight excluding hydrogens is 282 g/mol. The van der Waals surface area contributed by atoms with Crippen LogP contribution in [-0.2, 0) is 9.53 Å². The fourth-order valence-electron chi connectivity index (χ4n) is 1.71. The quantitative estimate of drug-likeness (QED) is 0.817. The van der Waals surface area contributed by atoms with E-state index in [4.69, 9.17) is 0 Å². The van der Waals surface area contributed by atoms with E-state index in [1.807, 2.05) is 6.92 Å². The number of ether oxygens (including phenoxy) is 1. The number of benzene rings is 1. The van der Waals surface area contributed by atoms with Crippen LogP contribution in [0.2, 0.25) is 0 Å². The molecule has 1 rings (SSSR count). The van der Waals surface area contributed by atoms with Crippen molar-refractivity contribution in [2.75, 3.05) is 19.0 Å². The summed E-state index contributed by atoms with van der Waals surface area (Å²) in [6, 6.07) is 1.44. The van der Waals surface area contributed by atoms with Gasteiger partial charge in [0.1, 0.15) is 11.6 Å². The minimum atomic E-state index is -1.05. The molecule has 2 N–H and O–H groups in total. The largest absolute Gasteiger partial charge is 0.465 e. The van der Waals surface area contributed by atoms with Crippen LogP contribution >= 0.6 is 0 Å². The molecular formula is C14H18F2N2O3. The summed E-state index contributed by atoms with van der Waals surface area (Å²) in [6.45, 7) is 5.60. The highest BCUT2D eigenvalue weighted by Gasteiger charge is 2.27. The first-order valence-electron chi connectivity index (χ1n) is 6.36. The third-order valence-corrected chi connectivity index (χ3v) is 2.90. The van der Waals surface area contributed by atoms with E-state index in [2.05, 4.69) is 15.4 Å². The number of amides is 1. The van der Waals surface area contributed by atoms with E-state index in [0.717, 1.165) is 13.2 Å². The number of anilines is 1. The standard InChI is InChI=1S/C14H18F2N2O3/c1-5-17-14(2,3)13(20)18-11-6-8(12(19)21-4)9(15)7-10(11)16/h6-7,17H,5H2,1-4H3,(H,18,20). The van der Waals surface area contributed by atoms with Gasteiger partial charge in [-0.15, -0.1) is 0 Å². The molecule has 0 saturated carbocycles. The molecule has 0 spiro atoms. The maximum atomic E-state index is 13.7. The number of methoxy groups -OCH3 is 1. The fourth-order valence-corrected chi connectivity index (χ4v) is 1.71. The molecule has 0 bridgehead atoms. The van der Waals surface area contributed by atoms with Crippen molar-refractivity contribution in [3.05, 3.63) is 29.3 Å². The molecule has 0 aromatic heterocycles. The molecule has 21 heavy (non-hydrogen) atoms. The number of nitrogens with one attached hydrogen (secondary N) is 2. The van der Waals surface area contributed by atoms with Crippen LogP contribution in [0.15, 0.2) is 12.1 Å². The first kappa shape index (κ1) is 17.0. The van der Waals surface area contributed by atoms with Gasteiger partial charge < -0.3 is 15.4 Å². The number of esters is 1. The number of rotatable bonds is 5. The third kappa shape index (κ3) is 3.98. The average molecular weight is 300 g/mol. The SMILES string of the molecule is CCNC(C)(C)C(=O)Nc1cc(C(=O)OC)c(F)cc1F. The zero-order valence-corrected chi connectivity index (χ0v) is 12.3. The van der Waals surface area contributed by atoms with Gasteiger partial charge in [0, 0.05) is 6.07 Å². The molecule has 0 saturated heterocycles. The summed E-state index contributed by atoms with van der Waals surface area (Å²) < 4.78 is 31.6. The van der Waals surface area contributed by atoms with Gasteiger partial charge in [-0.1, -0.05) is 6.92 Å². The van der Waals surface area contributed by atoms with E-state index in [-0.39, 0.29) is 5.69 Å². The predicted octanol–water partition coefficient (Wildman–Crippen LogP) is 2.08. The third-order valence-electron chi connectivity index (χ3n) is 2.90. The summed E-state index contributed by atoms with van der Waals surface area (Å²) in [7, 11) is 1.08. The van der Waals surface area contributed by atoms with Crippen molar-refractivity contribution in [1.82, 2.24) is 5.32 Å². The number of carbonyl (C=O) groups excluding carboxylic acids is 2. The highest BCUT2D eigenvalue weighted by molar-refractivity contribution is 5.99. The molecule has 0 unspecified atom stereocenters. The van der Waals surface area contributed by atoms with Crippen LogP contribution in [0, 0.1) is 11.6 Å². The Labute approximate surface area is 121 Å². The number of likely N-dealkylation sites (N-methyl/N-ethyl adjacent to an activating group) is 1. The van der Waals surface area contributed by atoms with Crippen molar-refractivity contribution < 1.29 is 23.1 Å². The molecule has 0 heterocycles. The van der Waals surface area contributed by atoms with Crippen LogP contribution in [0.4, 0.5) is 14.5 Å². The van der Waals surface area contributed by atoms with E-state index in [1.54, 1.807) is 13.8 Å². The Bertz CT molecular complexity index is 559. The molecule has 0 fully saturated rings. The summed E-state index contributed by atoms with van der Waals surface area (Å²) >= 11 is 0. The monoisotopic (exact) mass is 300 g/mol. The Morgan fingerprint density at radius 1 is 1.24 bits per heavy atom. The van der Waals surface area contributed by atoms with Crippen LogP contribution in [0.5, 0.6) is 0 Å². The first-order chi connectivity index (χ1) is 9.72. The second-order valence-electron chi connectivity index (χ2n) is 4.91. The lowest BCUT2D eigenvalue weighted by molar-refractivity contribution is -0.121. The lowest BCUT2D eigenvalue weighted by Crippen LogP contribution is -2.49. The zero-order chi connectivity index (χ0) is 16.2. The van der Waals surface area contributed by atoms with Crippen molar-refractivity contribution in [3.63, 3.8) is 0 Å². The zero-order valence-electron chi connectivity index (χ0n) is 12.3. The molecule has 0 aliphatic rings. The molecule has 0 aliphatic heterocycles. The topological polar surface area (TPSA) is 67.4 Å².